The summed E-state index contributed by atoms with van der Waals surface area (Å²) >= 11 is 0. The van der Waals surface area contributed by atoms with Crippen molar-refractivity contribution in [2.45, 2.75) is 309 Å². The van der Waals surface area contributed by atoms with Gasteiger partial charge in [0.05, 0.1) is 25.2 Å². The van der Waals surface area contributed by atoms with E-state index in [1.807, 2.05) is 0 Å². The molecule has 0 bridgehead atoms. The average molecular weight is 834 g/mol. The van der Waals surface area contributed by atoms with Gasteiger partial charge in [-0.15, -0.1) is 0 Å². The minimum absolute atomic E-state index is 0.0636. The number of esters is 1. The molecule has 0 radical (unpaired) electrons. The molecule has 6 nitrogen and oxygen atoms in total. The molecule has 0 spiro atoms. The van der Waals surface area contributed by atoms with Crippen LogP contribution in [0, 0.1) is 0 Å². The van der Waals surface area contributed by atoms with Gasteiger partial charge in [0, 0.05) is 6.42 Å². The predicted octanol–water partition coefficient (Wildman–Crippen LogP) is 15.7. The summed E-state index contributed by atoms with van der Waals surface area (Å²) < 4.78 is 5.92. The number of aliphatic hydroxyl groups is 2. The summed E-state index contributed by atoms with van der Waals surface area (Å²) in [5.74, 6) is -0.486. The number of amides is 1. The minimum atomic E-state index is -0.788. The van der Waals surface area contributed by atoms with Crippen molar-refractivity contribution in [1.29, 1.82) is 0 Å². The first kappa shape index (κ1) is 57.6. The Morgan fingerprint density at radius 1 is 0.475 bits per heavy atom. The molecule has 3 atom stereocenters. The second kappa shape index (κ2) is 47.6. The fourth-order valence-corrected chi connectivity index (χ4v) is 8.31. The molecule has 0 rings (SSSR count). The summed E-state index contributed by atoms with van der Waals surface area (Å²) in [7, 11) is 0. The summed E-state index contributed by atoms with van der Waals surface area (Å²) in [6.07, 6.45) is 52.8. The number of nitrogens with one attached hydrogen (secondary N) is 1. The molecule has 0 aliphatic heterocycles. The van der Waals surface area contributed by atoms with E-state index in [0.29, 0.717) is 19.3 Å². The quantitative estimate of drug-likeness (QED) is 0.0322. The number of hydrogen-bond acceptors (Lipinski definition) is 5. The molecule has 0 aliphatic rings. The first-order valence-electron chi connectivity index (χ1n) is 26.4. The van der Waals surface area contributed by atoms with Crippen LogP contribution in [0.2, 0.25) is 0 Å². The minimum Gasteiger partial charge on any atom is -0.462 e. The van der Waals surface area contributed by atoms with Crippen molar-refractivity contribution < 1.29 is 24.5 Å². The number of rotatable bonds is 48. The average Bonchev–Trinajstić information content (AvgIpc) is 3.23. The Labute approximate surface area is 368 Å². The van der Waals surface area contributed by atoms with Crippen LogP contribution in [0.1, 0.15) is 290 Å². The number of carbonyl (C=O) groups is 2. The number of allylic oxidation sites excluding steroid dienone is 2. The van der Waals surface area contributed by atoms with Crippen LogP contribution in [-0.4, -0.2) is 46.9 Å². The number of unbranched alkanes of at least 4 members (excludes halogenated alkanes) is 34. The first-order chi connectivity index (χ1) is 29.0. The first-order valence-corrected chi connectivity index (χ1v) is 26.4. The van der Waals surface area contributed by atoms with E-state index >= 15 is 0 Å². The fraction of sp³-hybridized carbons (Fsp3) is 0.925. The van der Waals surface area contributed by atoms with Crippen LogP contribution in [-0.2, 0) is 14.3 Å². The van der Waals surface area contributed by atoms with Crippen LogP contribution in [0.15, 0.2) is 12.2 Å². The van der Waals surface area contributed by atoms with Gasteiger partial charge in [-0.2, -0.15) is 0 Å². The third-order valence-electron chi connectivity index (χ3n) is 12.3. The zero-order valence-corrected chi connectivity index (χ0v) is 39.9. The Bertz CT molecular complexity index is 893. The van der Waals surface area contributed by atoms with Gasteiger partial charge in [-0.25, -0.2) is 0 Å². The van der Waals surface area contributed by atoms with E-state index in [2.05, 4.69) is 38.2 Å². The van der Waals surface area contributed by atoms with Crippen LogP contribution in [0.25, 0.3) is 0 Å². The number of hydrogen-bond donors (Lipinski definition) is 3. The number of ether oxygens (including phenoxy) is 1. The van der Waals surface area contributed by atoms with Crippen molar-refractivity contribution in [3.8, 4) is 0 Å². The molecule has 1 amide bonds. The molecule has 0 fully saturated rings. The summed E-state index contributed by atoms with van der Waals surface area (Å²) in [6, 6.07) is -0.703. The molecule has 0 saturated carbocycles. The Morgan fingerprint density at radius 3 is 1.24 bits per heavy atom. The van der Waals surface area contributed by atoms with E-state index < -0.39 is 18.2 Å². The fourth-order valence-electron chi connectivity index (χ4n) is 8.31. The smallest absolute Gasteiger partial charge is 0.306 e. The molecule has 0 aromatic carbocycles. The lowest BCUT2D eigenvalue weighted by Gasteiger charge is -2.24. The molecule has 0 saturated heterocycles. The van der Waals surface area contributed by atoms with E-state index in [0.717, 1.165) is 51.4 Å². The van der Waals surface area contributed by atoms with Crippen molar-refractivity contribution in [3.05, 3.63) is 12.2 Å². The van der Waals surface area contributed by atoms with E-state index in [9.17, 15) is 19.8 Å². The second-order valence-corrected chi connectivity index (χ2v) is 18.3. The van der Waals surface area contributed by atoms with Gasteiger partial charge in [-0.05, 0) is 44.9 Å². The van der Waals surface area contributed by atoms with Gasteiger partial charge in [0.25, 0.3) is 0 Å². The Kier molecular flexibility index (Phi) is 46.5. The zero-order valence-electron chi connectivity index (χ0n) is 39.9. The van der Waals surface area contributed by atoms with Crippen molar-refractivity contribution >= 4 is 11.9 Å². The van der Waals surface area contributed by atoms with Gasteiger partial charge < -0.3 is 20.3 Å². The third kappa shape index (κ3) is 43.1. The lowest BCUT2D eigenvalue weighted by atomic mass is 10.0. The highest BCUT2D eigenvalue weighted by Gasteiger charge is 2.24. The van der Waals surface area contributed by atoms with Gasteiger partial charge in [0.15, 0.2) is 0 Å². The van der Waals surface area contributed by atoms with Crippen LogP contribution in [0.3, 0.4) is 0 Å². The van der Waals surface area contributed by atoms with Gasteiger partial charge in [0.2, 0.25) is 5.91 Å². The van der Waals surface area contributed by atoms with Gasteiger partial charge in [-0.3, -0.25) is 9.59 Å². The van der Waals surface area contributed by atoms with Gasteiger partial charge in [0.1, 0.15) is 6.10 Å². The van der Waals surface area contributed by atoms with E-state index in [4.69, 9.17) is 4.74 Å². The SMILES string of the molecule is CCCCCCCC/C=C\CCCC(CC(=O)NC(CO)C(O)CCCCCCCCCCCCCCCC)OC(=O)CCCCCCCCCCCCCCCCC. The molecule has 0 heterocycles. The molecular weight excluding hydrogens is 731 g/mol. The Balaban J connectivity index is 4.50. The van der Waals surface area contributed by atoms with E-state index in [1.54, 1.807) is 0 Å². The number of carbonyl (C=O) groups excluding carboxylic acids is 2. The molecule has 0 aliphatic carbocycles. The zero-order chi connectivity index (χ0) is 43.1. The van der Waals surface area contributed by atoms with Gasteiger partial charge in [-0.1, -0.05) is 245 Å². The number of aliphatic hydroxyl groups excluding tert-OH is 2. The molecule has 59 heavy (non-hydrogen) atoms. The van der Waals surface area contributed by atoms with Crippen molar-refractivity contribution in [1.82, 2.24) is 5.32 Å². The van der Waals surface area contributed by atoms with E-state index in [-0.39, 0.29) is 24.9 Å². The van der Waals surface area contributed by atoms with Gasteiger partial charge >= 0.3 is 5.97 Å². The molecule has 3 N–H and O–H groups in total. The van der Waals surface area contributed by atoms with Crippen LogP contribution >= 0.6 is 0 Å². The maximum absolute atomic E-state index is 13.2. The monoisotopic (exact) mass is 834 g/mol. The van der Waals surface area contributed by atoms with Crippen LogP contribution in [0.4, 0.5) is 0 Å². The summed E-state index contributed by atoms with van der Waals surface area (Å²) in [6.45, 7) is 6.49. The van der Waals surface area contributed by atoms with Crippen molar-refractivity contribution in [2.75, 3.05) is 6.61 Å². The summed E-state index contributed by atoms with van der Waals surface area (Å²) in [5.41, 5.74) is 0. The molecular formula is C53H103NO5. The van der Waals surface area contributed by atoms with E-state index in [1.165, 1.54) is 193 Å². The van der Waals surface area contributed by atoms with Crippen molar-refractivity contribution in [2.24, 2.45) is 0 Å². The topological polar surface area (TPSA) is 95.9 Å². The predicted molar refractivity (Wildman–Crippen MR) is 255 cm³/mol. The second-order valence-electron chi connectivity index (χ2n) is 18.3. The lowest BCUT2D eigenvalue weighted by Crippen LogP contribution is -2.46. The highest BCUT2D eigenvalue weighted by atomic mass is 16.5. The molecule has 0 aromatic heterocycles. The molecule has 0 aromatic rings. The standard InChI is InChI=1S/C53H103NO5/c1-4-7-10-13-16-19-22-24-26-28-31-34-37-40-43-46-53(58)59-49(44-41-38-35-32-29-21-18-15-12-9-6-3)47-52(57)54-50(48-55)51(56)45-42-39-36-33-30-27-25-23-20-17-14-11-8-5-2/h32,35,49-51,55-56H,4-31,33-34,36-48H2,1-3H3,(H,54,57)/b35-32-. The Hall–Kier alpha value is -1.40. The summed E-state index contributed by atoms with van der Waals surface area (Å²) in [4.78, 5) is 26.1. The highest BCUT2D eigenvalue weighted by molar-refractivity contribution is 5.77. The molecule has 6 heteroatoms. The highest BCUT2D eigenvalue weighted by Crippen LogP contribution is 2.18. The Morgan fingerprint density at radius 2 is 0.831 bits per heavy atom. The normalized spacial score (nSPS) is 13.2. The molecule has 3 unspecified atom stereocenters. The van der Waals surface area contributed by atoms with Crippen LogP contribution < -0.4 is 5.32 Å². The summed E-state index contributed by atoms with van der Waals surface area (Å²) in [5, 5.41) is 23.8. The maximum Gasteiger partial charge on any atom is 0.306 e. The lowest BCUT2D eigenvalue weighted by molar-refractivity contribution is -0.151. The van der Waals surface area contributed by atoms with Crippen LogP contribution in [0.5, 0.6) is 0 Å². The largest absolute Gasteiger partial charge is 0.462 e. The molecule has 350 valence electrons. The van der Waals surface area contributed by atoms with Crippen molar-refractivity contribution in [3.63, 3.8) is 0 Å². The maximum atomic E-state index is 13.2. The third-order valence-corrected chi connectivity index (χ3v) is 12.3.